The molecule has 2 unspecified atom stereocenters. The van der Waals surface area contributed by atoms with Gasteiger partial charge in [0.2, 0.25) is 0 Å². The first kappa shape index (κ1) is 16.5. The summed E-state index contributed by atoms with van der Waals surface area (Å²) in [5.41, 5.74) is 0.300. The monoisotopic (exact) mass is 375 g/mol. The lowest BCUT2D eigenvalue weighted by molar-refractivity contribution is 0.0681. The van der Waals surface area contributed by atoms with E-state index >= 15 is 0 Å². The van der Waals surface area contributed by atoms with E-state index in [1.165, 1.54) is 19.0 Å². The Morgan fingerprint density at radius 2 is 1.95 bits per heavy atom. The zero-order valence-electron chi connectivity index (χ0n) is 11.8. The minimum absolute atomic E-state index is 0. The lowest BCUT2D eigenvalue weighted by Gasteiger charge is -2.35. The topological polar surface area (TPSA) is 65.2 Å². The molecule has 3 heterocycles. The molecule has 2 saturated heterocycles. The quantitative estimate of drug-likeness (QED) is 0.829. The van der Waals surface area contributed by atoms with Crippen molar-refractivity contribution in [2.75, 3.05) is 7.05 Å². The number of aromatic amines is 1. The van der Waals surface area contributed by atoms with Crippen LogP contribution >= 0.6 is 28.3 Å². The molecule has 1 amide bonds. The standard InChI is InChI=1S/C14H18BrN3O2.ClH/c1-18(11-5-9-2-3-10(6-11)17-9)14(20)8-4-12(15)13(19)16-7-8;/h4,7,9-11,17H,2-3,5-6H2,1H3,(H,16,19);1H. The van der Waals surface area contributed by atoms with E-state index in [4.69, 9.17) is 0 Å². The van der Waals surface area contributed by atoms with Gasteiger partial charge < -0.3 is 15.2 Å². The second kappa shape index (κ2) is 6.50. The summed E-state index contributed by atoms with van der Waals surface area (Å²) >= 11 is 3.16. The maximum absolute atomic E-state index is 12.5. The smallest absolute Gasteiger partial charge is 0.262 e. The molecule has 2 fully saturated rings. The molecule has 7 heteroatoms. The van der Waals surface area contributed by atoms with Gasteiger partial charge in [-0.15, -0.1) is 12.4 Å². The number of piperidine rings is 1. The molecule has 116 valence electrons. The van der Waals surface area contributed by atoms with Gasteiger partial charge in [-0.2, -0.15) is 0 Å². The van der Waals surface area contributed by atoms with E-state index in [0.717, 1.165) is 12.8 Å². The summed E-state index contributed by atoms with van der Waals surface area (Å²) in [5.74, 6) is -0.0340. The van der Waals surface area contributed by atoms with E-state index in [1.54, 1.807) is 6.07 Å². The van der Waals surface area contributed by atoms with Gasteiger partial charge in [0.25, 0.3) is 11.5 Å². The Morgan fingerprint density at radius 3 is 2.52 bits per heavy atom. The van der Waals surface area contributed by atoms with Crippen LogP contribution in [0, 0.1) is 0 Å². The zero-order valence-corrected chi connectivity index (χ0v) is 14.2. The number of carbonyl (C=O) groups is 1. The van der Waals surface area contributed by atoms with Gasteiger partial charge in [0.05, 0.1) is 10.0 Å². The Labute approximate surface area is 138 Å². The predicted molar refractivity (Wildman–Crippen MR) is 87.1 cm³/mol. The molecule has 2 atom stereocenters. The fourth-order valence-electron chi connectivity index (χ4n) is 3.29. The normalized spacial score (nSPS) is 27.0. The zero-order chi connectivity index (χ0) is 14.3. The number of hydrogen-bond donors (Lipinski definition) is 2. The van der Waals surface area contributed by atoms with Crippen LogP contribution in [0.25, 0.3) is 0 Å². The largest absolute Gasteiger partial charge is 0.339 e. The summed E-state index contributed by atoms with van der Waals surface area (Å²) < 4.78 is 0.391. The maximum atomic E-state index is 12.5. The first-order valence-electron chi connectivity index (χ1n) is 6.96. The van der Waals surface area contributed by atoms with Crippen molar-refractivity contribution < 1.29 is 4.79 Å². The van der Waals surface area contributed by atoms with Crippen molar-refractivity contribution in [3.63, 3.8) is 0 Å². The molecule has 2 aliphatic rings. The number of carbonyl (C=O) groups excluding carboxylic acids is 1. The number of fused-ring (bicyclic) bond motifs is 2. The Balaban J connectivity index is 0.00000161. The minimum atomic E-state index is -0.218. The van der Waals surface area contributed by atoms with Crippen molar-refractivity contribution in [2.45, 2.75) is 43.8 Å². The summed E-state index contributed by atoms with van der Waals surface area (Å²) in [4.78, 5) is 28.2. The van der Waals surface area contributed by atoms with Crippen molar-refractivity contribution in [3.8, 4) is 0 Å². The average Bonchev–Trinajstić information content (AvgIpc) is 2.79. The number of nitrogens with zero attached hydrogens (tertiary/aromatic N) is 1. The lowest BCUT2D eigenvalue weighted by atomic mass is 9.98. The highest BCUT2D eigenvalue weighted by Gasteiger charge is 2.36. The van der Waals surface area contributed by atoms with Crippen molar-refractivity contribution in [3.05, 3.63) is 32.7 Å². The van der Waals surface area contributed by atoms with Crippen LogP contribution in [-0.4, -0.2) is 41.0 Å². The molecule has 0 spiro atoms. The highest BCUT2D eigenvalue weighted by Crippen LogP contribution is 2.29. The van der Waals surface area contributed by atoms with E-state index in [9.17, 15) is 9.59 Å². The molecule has 0 radical (unpaired) electrons. The number of hydrogen-bond acceptors (Lipinski definition) is 3. The molecule has 2 bridgehead atoms. The molecule has 1 aromatic heterocycles. The molecule has 3 rings (SSSR count). The maximum Gasteiger partial charge on any atom is 0.262 e. The number of nitrogens with one attached hydrogen (secondary N) is 2. The fraction of sp³-hybridized carbons (Fsp3) is 0.571. The van der Waals surface area contributed by atoms with Crippen LogP contribution in [-0.2, 0) is 0 Å². The van der Waals surface area contributed by atoms with Gasteiger partial charge in [-0.1, -0.05) is 0 Å². The third kappa shape index (κ3) is 3.33. The van der Waals surface area contributed by atoms with Crippen LogP contribution in [0.15, 0.2) is 21.5 Å². The van der Waals surface area contributed by atoms with Crippen LogP contribution in [0.4, 0.5) is 0 Å². The third-order valence-electron chi connectivity index (χ3n) is 4.42. The highest BCUT2D eigenvalue weighted by atomic mass is 79.9. The number of pyridine rings is 1. The summed E-state index contributed by atoms with van der Waals surface area (Å²) in [6, 6.07) is 2.98. The Kier molecular flexibility index (Phi) is 5.11. The average molecular weight is 377 g/mol. The highest BCUT2D eigenvalue weighted by molar-refractivity contribution is 9.10. The molecular formula is C14H19BrClN3O2. The molecule has 21 heavy (non-hydrogen) atoms. The molecule has 5 nitrogen and oxygen atoms in total. The van der Waals surface area contributed by atoms with Crippen LogP contribution in [0.3, 0.4) is 0 Å². The van der Waals surface area contributed by atoms with Gasteiger partial charge in [0, 0.05) is 31.4 Å². The summed E-state index contributed by atoms with van der Waals surface area (Å²) in [6.45, 7) is 0. The second-order valence-electron chi connectivity index (χ2n) is 5.74. The van der Waals surface area contributed by atoms with Crippen LogP contribution in [0.1, 0.15) is 36.0 Å². The van der Waals surface area contributed by atoms with Gasteiger partial charge in [-0.25, -0.2) is 0 Å². The Bertz CT molecular complexity index is 580. The van der Waals surface area contributed by atoms with Crippen LogP contribution < -0.4 is 10.9 Å². The van der Waals surface area contributed by atoms with Crippen molar-refractivity contribution in [1.82, 2.24) is 15.2 Å². The van der Waals surface area contributed by atoms with E-state index in [2.05, 4.69) is 26.2 Å². The van der Waals surface area contributed by atoms with E-state index < -0.39 is 0 Å². The Hall–Kier alpha value is -0.850. The van der Waals surface area contributed by atoms with E-state index in [0.29, 0.717) is 22.1 Å². The molecule has 0 aromatic carbocycles. The second-order valence-corrected chi connectivity index (χ2v) is 6.60. The van der Waals surface area contributed by atoms with Gasteiger partial charge in [-0.05, 0) is 47.7 Å². The number of rotatable bonds is 2. The molecule has 2 aliphatic heterocycles. The first-order chi connectivity index (χ1) is 9.54. The number of H-pyrrole nitrogens is 1. The molecule has 0 aliphatic carbocycles. The van der Waals surface area contributed by atoms with Crippen molar-refractivity contribution in [1.29, 1.82) is 0 Å². The lowest BCUT2D eigenvalue weighted by Crippen LogP contribution is -2.48. The molecular weight excluding hydrogens is 358 g/mol. The van der Waals surface area contributed by atoms with E-state index in [1.807, 2.05) is 11.9 Å². The number of amides is 1. The van der Waals surface area contributed by atoms with Gasteiger partial charge in [0.15, 0.2) is 0 Å². The number of aromatic nitrogens is 1. The summed E-state index contributed by atoms with van der Waals surface area (Å²) in [5, 5.41) is 3.58. The molecule has 1 aromatic rings. The number of halogens is 2. The third-order valence-corrected chi connectivity index (χ3v) is 5.01. The van der Waals surface area contributed by atoms with E-state index in [-0.39, 0.29) is 29.9 Å². The predicted octanol–water partition coefficient (Wildman–Crippen LogP) is 1.91. The Morgan fingerprint density at radius 1 is 1.33 bits per heavy atom. The SMILES string of the molecule is CN(C(=O)c1c[nH]c(=O)c(Br)c1)C1CC2CCC(C1)N2.Cl. The molecule has 2 N–H and O–H groups in total. The minimum Gasteiger partial charge on any atom is -0.339 e. The van der Waals surface area contributed by atoms with Crippen molar-refractivity contribution in [2.24, 2.45) is 0 Å². The summed E-state index contributed by atoms with van der Waals surface area (Å²) in [6.07, 6.45) is 5.95. The first-order valence-corrected chi connectivity index (χ1v) is 7.75. The van der Waals surface area contributed by atoms with Gasteiger partial charge >= 0.3 is 0 Å². The summed E-state index contributed by atoms with van der Waals surface area (Å²) in [7, 11) is 1.86. The van der Waals surface area contributed by atoms with Gasteiger partial charge in [-0.3, -0.25) is 9.59 Å². The van der Waals surface area contributed by atoms with Crippen LogP contribution in [0.5, 0.6) is 0 Å². The fourth-order valence-corrected chi connectivity index (χ4v) is 3.65. The molecule has 0 saturated carbocycles. The van der Waals surface area contributed by atoms with Crippen molar-refractivity contribution >= 4 is 34.2 Å². The van der Waals surface area contributed by atoms with Crippen LogP contribution in [0.2, 0.25) is 0 Å². The van der Waals surface area contributed by atoms with Gasteiger partial charge in [0.1, 0.15) is 0 Å².